The number of benzene rings is 3. The molecular weight excluding hydrogens is 393 g/mol. The monoisotopic (exact) mass is 409 g/mol. The Morgan fingerprint density at radius 3 is 2.38 bits per heavy atom. The van der Waals surface area contributed by atoms with Crippen LogP contribution in [0.2, 0.25) is 0 Å². The summed E-state index contributed by atoms with van der Waals surface area (Å²) in [6.07, 6.45) is 0. The summed E-state index contributed by atoms with van der Waals surface area (Å²) in [4.78, 5) is 11.2. The number of rotatable bonds is 4. The highest BCUT2D eigenvalue weighted by Gasteiger charge is 2.20. The Morgan fingerprint density at radius 2 is 1.72 bits per heavy atom. The zero-order valence-corrected chi connectivity index (χ0v) is 15.9. The Hall–Kier alpha value is -3.63. The van der Waals surface area contributed by atoms with E-state index in [1.54, 1.807) is 24.3 Å². The predicted octanol–water partition coefficient (Wildman–Crippen LogP) is 3.48. The van der Waals surface area contributed by atoms with Gasteiger partial charge >= 0.3 is 5.97 Å². The van der Waals surface area contributed by atoms with Crippen LogP contribution in [0.3, 0.4) is 0 Å². The first-order chi connectivity index (χ1) is 13.7. The third-order valence-electron chi connectivity index (χ3n) is 4.06. The van der Waals surface area contributed by atoms with Gasteiger partial charge in [0.15, 0.2) is 9.84 Å². The molecule has 5 nitrogen and oxygen atoms in total. The van der Waals surface area contributed by atoms with Crippen LogP contribution in [-0.2, 0) is 15.6 Å². The van der Waals surface area contributed by atoms with Gasteiger partial charge in [0.1, 0.15) is 5.82 Å². The number of hydrogen-bond donors (Lipinski definition) is 2. The van der Waals surface area contributed by atoms with Gasteiger partial charge in [-0.3, -0.25) is 0 Å². The summed E-state index contributed by atoms with van der Waals surface area (Å²) in [5, 5.41) is 9.23. The summed E-state index contributed by atoms with van der Waals surface area (Å²) in [5.74, 6) is 3.52. The van der Waals surface area contributed by atoms with E-state index in [4.69, 9.17) is 5.73 Å². The average Bonchev–Trinajstić information content (AvgIpc) is 2.67. The van der Waals surface area contributed by atoms with Crippen LogP contribution in [0.15, 0.2) is 71.6 Å². The van der Waals surface area contributed by atoms with Crippen LogP contribution in [0.4, 0.5) is 10.1 Å². The van der Waals surface area contributed by atoms with Crippen LogP contribution < -0.4 is 5.73 Å². The minimum absolute atomic E-state index is 0.0538. The minimum atomic E-state index is -3.83. The highest BCUT2D eigenvalue weighted by Crippen LogP contribution is 2.23. The molecule has 0 fully saturated rings. The molecule has 0 saturated carbocycles. The van der Waals surface area contributed by atoms with Crippen LogP contribution in [0.1, 0.15) is 27.0 Å². The van der Waals surface area contributed by atoms with Gasteiger partial charge in [-0.05, 0) is 60.2 Å². The lowest BCUT2D eigenvalue weighted by Gasteiger charge is -2.09. The highest BCUT2D eigenvalue weighted by atomic mass is 32.2. The highest BCUT2D eigenvalue weighted by molar-refractivity contribution is 7.90. The van der Waals surface area contributed by atoms with Crippen LogP contribution in [0.5, 0.6) is 0 Å². The molecule has 0 amide bonds. The Labute approximate surface area is 167 Å². The zero-order chi connectivity index (χ0) is 21.0. The number of carboxylic acid groups (broad SMARTS) is 1. The van der Waals surface area contributed by atoms with Crippen LogP contribution >= 0.6 is 0 Å². The Morgan fingerprint density at radius 1 is 1.00 bits per heavy atom. The first-order valence-electron chi connectivity index (χ1n) is 8.47. The smallest absolute Gasteiger partial charge is 0.335 e. The van der Waals surface area contributed by atoms with E-state index in [9.17, 15) is 22.7 Å². The maximum atomic E-state index is 13.0. The van der Waals surface area contributed by atoms with Crippen molar-refractivity contribution in [2.45, 2.75) is 10.6 Å². The van der Waals surface area contributed by atoms with Gasteiger partial charge in [0.05, 0.1) is 16.2 Å². The molecular formula is C22H16FNO4S. The van der Waals surface area contributed by atoms with E-state index in [2.05, 4.69) is 11.8 Å². The summed E-state index contributed by atoms with van der Waals surface area (Å²) in [7, 11) is -3.83. The maximum absolute atomic E-state index is 13.0. The molecule has 0 radical (unpaired) electrons. The van der Waals surface area contributed by atoms with Gasteiger partial charge in [0.25, 0.3) is 0 Å². The summed E-state index contributed by atoms with van der Waals surface area (Å²) < 4.78 is 39.0. The number of aromatic carboxylic acids is 1. The molecule has 0 saturated heterocycles. The third kappa shape index (κ3) is 5.00. The van der Waals surface area contributed by atoms with Gasteiger partial charge in [0, 0.05) is 16.8 Å². The van der Waals surface area contributed by atoms with E-state index in [1.165, 1.54) is 42.5 Å². The van der Waals surface area contributed by atoms with Crippen molar-refractivity contribution in [2.75, 3.05) is 5.73 Å². The molecule has 0 aliphatic heterocycles. The van der Waals surface area contributed by atoms with E-state index in [1.807, 2.05) is 0 Å². The van der Waals surface area contributed by atoms with Crippen LogP contribution in [0.25, 0.3) is 0 Å². The fraction of sp³-hybridized carbons (Fsp3) is 0.0455. The quantitative estimate of drug-likeness (QED) is 0.508. The average molecular weight is 409 g/mol. The Balaban J connectivity index is 2.06. The summed E-state index contributed by atoms with van der Waals surface area (Å²) in [6.45, 7) is 0. The number of anilines is 1. The number of hydrogen-bond acceptors (Lipinski definition) is 4. The molecule has 146 valence electrons. The zero-order valence-electron chi connectivity index (χ0n) is 15.1. The van der Waals surface area contributed by atoms with E-state index in [0.29, 0.717) is 16.8 Å². The first kappa shape index (κ1) is 20.1. The molecule has 3 aromatic carbocycles. The normalized spacial score (nSPS) is 10.8. The lowest BCUT2D eigenvalue weighted by molar-refractivity contribution is 0.0696. The lowest BCUT2D eigenvalue weighted by Crippen LogP contribution is -2.09. The largest absolute Gasteiger partial charge is 0.478 e. The number of nitrogen functional groups attached to an aromatic ring is 1. The van der Waals surface area contributed by atoms with Gasteiger partial charge < -0.3 is 10.8 Å². The minimum Gasteiger partial charge on any atom is -0.478 e. The number of carboxylic acids is 1. The third-order valence-corrected chi connectivity index (χ3v) is 5.79. The van der Waals surface area contributed by atoms with Gasteiger partial charge in [-0.25, -0.2) is 17.6 Å². The molecule has 0 atom stereocenters. The van der Waals surface area contributed by atoms with Gasteiger partial charge in [-0.1, -0.05) is 24.0 Å². The van der Waals surface area contributed by atoms with Crippen molar-refractivity contribution in [3.05, 3.63) is 94.8 Å². The van der Waals surface area contributed by atoms with Crippen molar-refractivity contribution < 1.29 is 22.7 Å². The molecule has 0 aliphatic carbocycles. The summed E-state index contributed by atoms with van der Waals surface area (Å²) in [5.41, 5.74) is 7.09. The number of sulfone groups is 1. The van der Waals surface area contributed by atoms with E-state index in [0.717, 1.165) is 0 Å². The Kier molecular flexibility index (Phi) is 5.66. The molecule has 3 aromatic rings. The number of halogens is 1. The fourth-order valence-electron chi connectivity index (χ4n) is 2.68. The van der Waals surface area contributed by atoms with E-state index < -0.39 is 21.6 Å². The maximum Gasteiger partial charge on any atom is 0.335 e. The molecule has 0 bridgehead atoms. The number of nitrogens with two attached hydrogens (primary N) is 1. The van der Waals surface area contributed by atoms with Crippen molar-refractivity contribution in [1.82, 2.24) is 0 Å². The summed E-state index contributed by atoms with van der Waals surface area (Å²) in [6, 6.07) is 15.5. The second kappa shape index (κ2) is 8.17. The molecule has 3 rings (SSSR count). The number of carbonyl (C=O) groups is 1. The molecule has 0 spiro atoms. The molecule has 3 N–H and O–H groups in total. The van der Waals surface area contributed by atoms with E-state index >= 15 is 0 Å². The molecule has 0 unspecified atom stereocenters. The van der Waals surface area contributed by atoms with Crippen molar-refractivity contribution in [3.8, 4) is 11.8 Å². The van der Waals surface area contributed by atoms with E-state index in [-0.39, 0.29) is 21.8 Å². The lowest BCUT2D eigenvalue weighted by atomic mass is 10.1. The van der Waals surface area contributed by atoms with Gasteiger partial charge in [-0.2, -0.15) is 0 Å². The molecule has 0 aliphatic rings. The second-order valence-corrected chi connectivity index (χ2v) is 8.24. The molecule has 29 heavy (non-hydrogen) atoms. The van der Waals surface area contributed by atoms with Crippen molar-refractivity contribution >= 4 is 21.5 Å². The standard InChI is InChI=1S/C22H16FNO4S/c23-19-9-5-15(6-10-19)4-7-17-13-18(22(25)26)8-11-21(17)29(27,28)14-16-2-1-3-20(24)12-16/h1-3,5-6,8-13H,14,24H2,(H,25,26). The van der Waals surface area contributed by atoms with Gasteiger partial charge in [-0.15, -0.1) is 0 Å². The SMILES string of the molecule is Nc1cccc(CS(=O)(=O)c2ccc(C(=O)O)cc2C#Cc2ccc(F)cc2)c1. The van der Waals surface area contributed by atoms with Crippen LogP contribution in [-0.4, -0.2) is 19.5 Å². The topological polar surface area (TPSA) is 97.5 Å². The molecule has 0 aromatic heterocycles. The van der Waals surface area contributed by atoms with Crippen molar-refractivity contribution in [1.29, 1.82) is 0 Å². The fourth-order valence-corrected chi connectivity index (χ4v) is 4.18. The summed E-state index contributed by atoms with van der Waals surface area (Å²) >= 11 is 0. The molecule has 7 heteroatoms. The molecule has 0 heterocycles. The Bertz CT molecular complexity index is 1240. The first-order valence-corrected chi connectivity index (χ1v) is 10.1. The second-order valence-electron chi connectivity index (χ2n) is 6.28. The predicted molar refractivity (Wildman–Crippen MR) is 108 cm³/mol. The van der Waals surface area contributed by atoms with Crippen LogP contribution in [0, 0.1) is 17.7 Å². The van der Waals surface area contributed by atoms with Crippen molar-refractivity contribution in [3.63, 3.8) is 0 Å². The van der Waals surface area contributed by atoms with Crippen molar-refractivity contribution in [2.24, 2.45) is 0 Å². The van der Waals surface area contributed by atoms with Gasteiger partial charge in [0.2, 0.25) is 0 Å².